The highest BCUT2D eigenvalue weighted by Gasteiger charge is 2.58. The normalized spacial score (nSPS) is 34.6. The van der Waals surface area contributed by atoms with Crippen LogP contribution in [0.15, 0.2) is 12.1 Å². The minimum Gasteiger partial charge on any atom is -0.241 e. The highest BCUT2D eigenvalue weighted by atomic mass is 19.3. The van der Waals surface area contributed by atoms with E-state index >= 15 is 0 Å². The molecule has 2 saturated carbocycles. The molecule has 1 aromatic carbocycles. The van der Waals surface area contributed by atoms with E-state index in [1.807, 2.05) is 6.92 Å². The number of hydrogen-bond acceptors (Lipinski definition) is 0. The molecule has 0 radical (unpaired) electrons. The summed E-state index contributed by atoms with van der Waals surface area (Å²) < 4.78 is 84.0. The van der Waals surface area contributed by atoms with Gasteiger partial charge in [-0.3, -0.25) is 0 Å². The summed E-state index contributed by atoms with van der Waals surface area (Å²) in [4.78, 5) is 0. The summed E-state index contributed by atoms with van der Waals surface area (Å²) in [5.74, 6) is -10.3. The zero-order valence-electron chi connectivity index (χ0n) is 14.1. The average molecular weight is 364 g/mol. The zero-order chi connectivity index (χ0) is 18.4. The Morgan fingerprint density at radius 1 is 1.04 bits per heavy atom. The Balaban J connectivity index is 1.84. The van der Waals surface area contributed by atoms with Crippen LogP contribution < -0.4 is 0 Å². The predicted molar refractivity (Wildman–Crippen MR) is 82.7 cm³/mol. The van der Waals surface area contributed by atoms with Crippen LogP contribution in [0.4, 0.5) is 26.3 Å². The van der Waals surface area contributed by atoms with Crippen molar-refractivity contribution in [3.05, 3.63) is 35.1 Å². The van der Waals surface area contributed by atoms with Gasteiger partial charge in [0.25, 0.3) is 5.92 Å². The molecule has 0 amide bonds. The van der Waals surface area contributed by atoms with Gasteiger partial charge in [0.2, 0.25) is 0 Å². The third kappa shape index (κ3) is 3.28. The Kier molecular flexibility index (Phi) is 5.09. The molecule has 25 heavy (non-hydrogen) atoms. The third-order valence-electron chi connectivity index (χ3n) is 6.02. The van der Waals surface area contributed by atoms with Crippen molar-refractivity contribution < 1.29 is 26.3 Å². The van der Waals surface area contributed by atoms with Gasteiger partial charge in [0.05, 0.1) is 0 Å². The summed E-state index contributed by atoms with van der Waals surface area (Å²) in [7, 11) is 0. The Bertz CT molecular complexity index is 605. The molecule has 2 fully saturated rings. The van der Waals surface area contributed by atoms with E-state index < -0.39 is 47.3 Å². The molecule has 1 aromatic rings. The molecule has 3 rings (SSSR count). The lowest BCUT2D eigenvalue weighted by Crippen LogP contribution is -2.41. The van der Waals surface area contributed by atoms with Crippen molar-refractivity contribution >= 4 is 0 Å². The van der Waals surface area contributed by atoms with Gasteiger partial charge in [-0.05, 0) is 67.6 Å². The van der Waals surface area contributed by atoms with Crippen LogP contribution in [-0.2, 0) is 0 Å². The second-order valence-electron chi connectivity index (χ2n) is 7.54. The monoisotopic (exact) mass is 364 g/mol. The number of halogens is 6. The highest BCUT2D eigenvalue weighted by molar-refractivity contribution is 5.25. The molecule has 5 atom stereocenters. The highest BCUT2D eigenvalue weighted by Crippen LogP contribution is 2.56. The van der Waals surface area contributed by atoms with Crippen LogP contribution in [0.1, 0.15) is 56.9 Å². The van der Waals surface area contributed by atoms with Gasteiger partial charge >= 0.3 is 0 Å². The lowest BCUT2D eigenvalue weighted by molar-refractivity contribution is -0.136. The fraction of sp³-hybridized carbons (Fsp3) is 0.684. The molecule has 0 nitrogen and oxygen atoms in total. The molecule has 0 bridgehead atoms. The van der Waals surface area contributed by atoms with Crippen molar-refractivity contribution in [3.63, 3.8) is 0 Å². The maximum Gasteiger partial charge on any atom is 0.281 e. The first kappa shape index (κ1) is 18.6. The maximum absolute atomic E-state index is 14.7. The maximum atomic E-state index is 14.7. The van der Waals surface area contributed by atoms with Crippen LogP contribution in [0, 0.1) is 35.2 Å². The first-order valence-electron chi connectivity index (χ1n) is 8.92. The van der Waals surface area contributed by atoms with Gasteiger partial charge in [0, 0.05) is 5.92 Å². The van der Waals surface area contributed by atoms with Crippen molar-refractivity contribution in [1.29, 1.82) is 0 Å². The van der Waals surface area contributed by atoms with Crippen LogP contribution in [0.5, 0.6) is 0 Å². The van der Waals surface area contributed by atoms with Gasteiger partial charge in [0.15, 0.2) is 23.6 Å². The second-order valence-corrected chi connectivity index (χ2v) is 7.54. The van der Waals surface area contributed by atoms with Gasteiger partial charge in [-0.1, -0.05) is 13.3 Å². The zero-order valence-corrected chi connectivity index (χ0v) is 14.1. The molecule has 2 aliphatic carbocycles. The topological polar surface area (TPSA) is 0 Å². The predicted octanol–water partition coefficient (Wildman–Crippen LogP) is 6.40. The molecule has 140 valence electrons. The minimum atomic E-state index is -3.44. The standard InChI is InChI=1S/C19H22F6/c1-2-3-10-4-5-11-6-12(7-14(11)19(24,25)18(10)23)13-8-15(20)17(22)16(21)9-13/h8-12,14,18H,2-7H2,1H3. The van der Waals surface area contributed by atoms with Crippen LogP contribution in [0.3, 0.4) is 0 Å². The first-order chi connectivity index (χ1) is 11.8. The Morgan fingerprint density at radius 2 is 1.68 bits per heavy atom. The molecule has 0 aliphatic heterocycles. The Labute approximate surface area is 143 Å². The third-order valence-corrected chi connectivity index (χ3v) is 6.02. The van der Waals surface area contributed by atoms with Crippen LogP contribution in [-0.4, -0.2) is 12.1 Å². The van der Waals surface area contributed by atoms with E-state index in [0.717, 1.165) is 12.1 Å². The summed E-state index contributed by atoms with van der Waals surface area (Å²) in [6.07, 6.45) is 0.125. The lowest BCUT2D eigenvalue weighted by atomic mass is 9.86. The van der Waals surface area contributed by atoms with Crippen LogP contribution >= 0.6 is 0 Å². The molecule has 0 N–H and O–H groups in total. The van der Waals surface area contributed by atoms with Crippen molar-refractivity contribution in [1.82, 2.24) is 0 Å². The molecule has 0 spiro atoms. The van der Waals surface area contributed by atoms with Crippen molar-refractivity contribution in [2.24, 2.45) is 17.8 Å². The van der Waals surface area contributed by atoms with Crippen LogP contribution in [0.25, 0.3) is 0 Å². The fourth-order valence-corrected chi connectivity index (χ4v) is 4.75. The van der Waals surface area contributed by atoms with Crippen LogP contribution in [0.2, 0.25) is 0 Å². The van der Waals surface area contributed by atoms with E-state index in [1.54, 1.807) is 0 Å². The van der Waals surface area contributed by atoms with E-state index in [-0.39, 0.29) is 17.9 Å². The number of alkyl halides is 3. The largest absolute Gasteiger partial charge is 0.281 e. The van der Waals surface area contributed by atoms with Crippen molar-refractivity contribution in [3.8, 4) is 0 Å². The van der Waals surface area contributed by atoms with Gasteiger partial charge in [-0.25, -0.2) is 26.3 Å². The summed E-state index contributed by atoms with van der Waals surface area (Å²) in [6, 6.07) is 1.75. The Morgan fingerprint density at radius 3 is 2.28 bits per heavy atom. The molecule has 5 unspecified atom stereocenters. The SMILES string of the molecule is CCCC1CCC2CC(c3cc(F)c(F)c(F)c3)CC2C(F)(F)C1F. The number of fused-ring (bicyclic) bond motifs is 1. The summed E-state index contributed by atoms with van der Waals surface area (Å²) >= 11 is 0. The smallest absolute Gasteiger partial charge is 0.241 e. The lowest BCUT2D eigenvalue weighted by Gasteiger charge is -2.30. The summed E-state index contributed by atoms with van der Waals surface area (Å²) in [6.45, 7) is 1.85. The van der Waals surface area contributed by atoms with Gasteiger partial charge in [0.1, 0.15) is 0 Å². The minimum absolute atomic E-state index is 0.0263. The fourth-order valence-electron chi connectivity index (χ4n) is 4.75. The summed E-state index contributed by atoms with van der Waals surface area (Å²) in [5, 5.41) is 0. The van der Waals surface area contributed by atoms with Crippen molar-refractivity contribution in [2.45, 2.75) is 63.5 Å². The van der Waals surface area contributed by atoms with Crippen molar-refractivity contribution in [2.75, 3.05) is 0 Å². The molecule has 0 saturated heterocycles. The van der Waals surface area contributed by atoms with Gasteiger partial charge in [-0.15, -0.1) is 0 Å². The molecular weight excluding hydrogens is 342 g/mol. The van der Waals surface area contributed by atoms with Gasteiger partial charge < -0.3 is 0 Å². The van der Waals surface area contributed by atoms with E-state index in [9.17, 15) is 26.3 Å². The van der Waals surface area contributed by atoms with E-state index in [0.29, 0.717) is 32.1 Å². The number of rotatable bonds is 3. The quantitative estimate of drug-likeness (QED) is 0.430. The Hall–Kier alpha value is -1.20. The molecule has 2 aliphatic rings. The van der Waals surface area contributed by atoms with E-state index in [4.69, 9.17) is 0 Å². The van der Waals surface area contributed by atoms with E-state index in [2.05, 4.69) is 0 Å². The van der Waals surface area contributed by atoms with Gasteiger partial charge in [-0.2, -0.15) is 0 Å². The number of hydrogen-bond donors (Lipinski definition) is 0. The molecular formula is C19H22F6. The molecule has 0 aromatic heterocycles. The first-order valence-corrected chi connectivity index (χ1v) is 8.92. The van der Waals surface area contributed by atoms with E-state index in [1.165, 1.54) is 0 Å². The average Bonchev–Trinajstić information content (AvgIpc) is 2.97. The number of benzene rings is 1. The summed E-state index contributed by atoms with van der Waals surface area (Å²) in [5.41, 5.74) is 0.181. The second kappa shape index (κ2) is 6.84. The molecule has 6 heteroatoms. The molecule has 0 heterocycles.